The summed E-state index contributed by atoms with van der Waals surface area (Å²) in [4.78, 5) is 29.5. The molecule has 0 aliphatic carbocycles. The Labute approximate surface area is 213 Å². The summed E-state index contributed by atoms with van der Waals surface area (Å²) in [6, 6.07) is 11.7. The minimum absolute atomic E-state index is 0.313. The highest BCUT2D eigenvalue weighted by atomic mass is 35.5. The molecule has 0 atom stereocenters. The van der Waals surface area contributed by atoms with Crippen molar-refractivity contribution in [3.8, 4) is 11.4 Å². The highest BCUT2D eigenvalue weighted by molar-refractivity contribution is 7.17. The first kappa shape index (κ1) is 24.6. The largest absolute Gasteiger partial charge is 0.372 e. The maximum absolute atomic E-state index is 12.1. The Hall–Kier alpha value is -3.53. The smallest absolute Gasteiger partial charge is 0.247 e. The number of benzene rings is 2. The zero-order chi connectivity index (χ0) is 24.9. The zero-order valence-electron chi connectivity index (χ0n) is 19.7. The predicted molar refractivity (Wildman–Crippen MR) is 146 cm³/mol. The highest BCUT2D eigenvalue weighted by Crippen LogP contribution is 2.37. The van der Waals surface area contributed by atoms with Gasteiger partial charge in [-0.2, -0.15) is 4.98 Å². The van der Waals surface area contributed by atoms with Gasteiger partial charge in [-0.3, -0.25) is 4.79 Å². The van der Waals surface area contributed by atoms with Gasteiger partial charge in [0, 0.05) is 41.2 Å². The van der Waals surface area contributed by atoms with Crippen LogP contribution in [0.4, 0.5) is 23.0 Å². The van der Waals surface area contributed by atoms with Crippen LogP contribution in [0.15, 0.2) is 60.8 Å². The van der Waals surface area contributed by atoms with Crippen LogP contribution in [0.3, 0.4) is 0 Å². The molecule has 0 fully saturated rings. The molecule has 10 heteroatoms. The molecule has 0 saturated heterocycles. The van der Waals surface area contributed by atoms with Crippen molar-refractivity contribution in [3.05, 3.63) is 65.8 Å². The van der Waals surface area contributed by atoms with Crippen LogP contribution in [-0.4, -0.2) is 60.0 Å². The second-order valence-corrected chi connectivity index (χ2v) is 9.49. The van der Waals surface area contributed by atoms with Crippen molar-refractivity contribution in [3.63, 3.8) is 0 Å². The van der Waals surface area contributed by atoms with E-state index in [-0.39, 0.29) is 5.91 Å². The first-order valence-corrected chi connectivity index (χ1v) is 12.2. The van der Waals surface area contributed by atoms with Gasteiger partial charge in [0.1, 0.15) is 6.33 Å². The van der Waals surface area contributed by atoms with Crippen LogP contribution < -0.4 is 15.5 Å². The van der Waals surface area contributed by atoms with Gasteiger partial charge in [0.05, 0.1) is 22.1 Å². The van der Waals surface area contributed by atoms with Gasteiger partial charge >= 0.3 is 0 Å². The Kier molecular flexibility index (Phi) is 7.60. The third kappa shape index (κ3) is 5.76. The first-order valence-electron chi connectivity index (χ1n) is 10.9. The number of halogens is 1. The molecule has 2 aromatic heterocycles. The highest BCUT2D eigenvalue weighted by Gasteiger charge is 2.16. The number of carbonyl (C=O) groups excluding carboxylic acids is 1. The minimum atomic E-state index is -0.313. The summed E-state index contributed by atoms with van der Waals surface area (Å²) in [7, 11) is 5.97. The average Bonchev–Trinajstić information content (AvgIpc) is 3.28. The van der Waals surface area contributed by atoms with Crippen LogP contribution in [0.25, 0.3) is 21.5 Å². The summed E-state index contributed by atoms with van der Waals surface area (Å²) in [6.07, 6.45) is 2.70. The van der Waals surface area contributed by atoms with Crippen LogP contribution in [0.1, 0.15) is 0 Å². The van der Waals surface area contributed by atoms with Gasteiger partial charge in [-0.25, -0.2) is 9.97 Å². The molecule has 0 saturated carbocycles. The molecule has 0 bridgehead atoms. The summed E-state index contributed by atoms with van der Waals surface area (Å²) < 4.78 is 1.16. The summed E-state index contributed by atoms with van der Waals surface area (Å²) in [5, 5.41) is 9.65. The van der Waals surface area contributed by atoms with E-state index >= 15 is 0 Å². The molecule has 8 nitrogen and oxygen atoms in total. The summed E-state index contributed by atoms with van der Waals surface area (Å²) >= 11 is 8.29. The van der Waals surface area contributed by atoms with E-state index in [0.29, 0.717) is 28.2 Å². The number of fused-ring (bicyclic) bond motifs is 1. The Balaban J connectivity index is 1.66. The Bertz CT molecular complexity index is 1370. The molecule has 0 unspecified atom stereocenters. The van der Waals surface area contributed by atoms with Crippen molar-refractivity contribution < 1.29 is 4.79 Å². The molecule has 0 aliphatic rings. The minimum Gasteiger partial charge on any atom is -0.372 e. The molecule has 1 amide bonds. The number of rotatable bonds is 9. The number of nitrogens with zero attached hydrogens (tertiary/aromatic N) is 5. The molecule has 0 aliphatic heterocycles. The van der Waals surface area contributed by atoms with E-state index in [1.165, 1.54) is 12.4 Å². The fraction of sp³-hybridized carbons (Fsp3) is 0.200. The fourth-order valence-corrected chi connectivity index (χ4v) is 4.63. The second kappa shape index (κ2) is 10.8. The Morgan fingerprint density at radius 3 is 2.71 bits per heavy atom. The van der Waals surface area contributed by atoms with Gasteiger partial charge in [-0.05, 0) is 38.4 Å². The number of carbonyl (C=O) groups is 1. The molecule has 2 N–H and O–H groups in total. The molecule has 2 aromatic carbocycles. The number of nitrogens with one attached hydrogen (secondary N) is 2. The lowest BCUT2D eigenvalue weighted by Gasteiger charge is -2.25. The molecule has 4 aromatic rings. The lowest BCUT2D eigenvalue weighted by molar-refractivity contribution is -0.111. The molecular weight excluding hydrogens is 482 g/mol. The molecule has 4 rings (SSSR count). The number of amides is 1. The standard InChI is InChI=1S/C25H26ClN7OS/c1-5-23(34)29-20-13-19(18(26)12-21(20)33(4)11-10-32(2)3)30-25-28-15-27-24(31-25)17-14-35-22-9-7-6-8-16(17)22/h5-9,12-15H,1,10-11H2,2-4H3,(H,29,34)(H,27,28,30,31). The monoisotopic (exact) mass is 507 g/mol. The van der Waals surface area contributed by atoms with Crippen LogP contribution in [0.2, 0.25) is 5.02 Å². The third-order valence-corrected chi connectivity index (χ3v) is 6.64. The van der Waals surface area contributed by atoms with Crippen molar-refractivity contribution in [1.29, 1.82) is 0 Å². The third-order valence-electron chi connectivity index (χ3n) is 5.36. The zero-order valence-corrected chi connectivity index (χ0v) is 21.3. The molecule has 0 spiro atoms. The number of anilines is 4. The van der Waals surface area contributed by atoms with Crippen LogP contribution >= 0.6 is 22.9 Å². The van der Waals surface area contributed by atoms with Gasteiger partial charge in [0.25, 0.3) is 0 Å². The molecule has 180 valence electrons. The van der Waals surface area contributed by atoms with Crippen molar-refractivity contribution in [2.24, 2.45) is 0 Å². The van der Waals surface area contributed by atoms with Gasteiger partial charge in [0.15, 0.2) is 5.82 Å². The van der Waals surface area contributed by atoms with Crippen molar-refractivity contribution in [2.75, 3.05) is 49.8 Å². The van der Waals surface area contributed by atoms with Crippen molar-refractivity contribution in [1.82, 2.24) is 19.9 Å². The van der Waals surface area contributed by atoms with Crippen LogP contribution in [0.5, 0.6) is 0 Å². The SMILES string of the molecule is C=CC(=O)Nc1cc(Nc2ncnc(-c3csc4ccccc34)n2)c(Cl)cc1N(C)CCN(C)C. The van der Waals surface area contributed by atoms with E-state index in [1.54, 1.807) is 17.4 Å². The lowest BCUT2D eigenvalue weighted by Crippen LogP contribution is -2.29. The molecule has 2 heterocycles. The summed E-state index contributed by atoms with van der Waals surface area (Å²) in [5.41, 5.74) is 2.89. The van der Waals surface area contributed by atoms with E-state index < -0.39 is 0 Å². The van der Waals surface area contributed by atoms with Crippen LogP contribution in [0, 0.1) is 0 Å². The fourth-order valence-electron chi connectivity index (χ4n) is 3.49. The average molecular weight is 508 g/mol. The molecule has 0 radical (unpaired) electrons. The molecule has 35 heavy (non-hydrogen) atoms. The number of hydrogen-bond donors (Lipinski definition) is 2. The maximum atomic E-state index is 12.1. The normalized spacial score (nSPS) is 11.0. The Morgan fingerprint density at radius 2 is 1.94 bits per heavy atom. The van der Waals surface area contributed by atoms with E-state index in [2.05, 4.69) is 49.2 Å². The van der Waals surface area contributed by atoms with Gasteiger partial charge in [0.2, 0.25) is 11.9 Å². The second-order valence-electron chi connectivity index (χ2n) is 8.17. The van der Waals surface area contributed by atoms with E-state index in [0.717, 1.165) is 34.4 Å². The first-order chi connectivity index (χ1) is 16.9. The van der Waals surface area contributed by atoms with Gasteiger partial charge in [-0.1, -0.05) is 36.4 Å². The number of thiophene rings is 1. The predicted octanol–water partition coefficient (Wildman–Crippen LogP) is 5.27. The summed E-state index contributed by atoms with van der Waals surface area (Å²) in [5.74, 6) is 0.602. The lowest BCUT2D eigenvalue weighted by atomic mass is 10.2. The topological polar surface area (TPSA) is 86.3 Å². The maximum Gasteiger partial charge on any atom is 0.247 e. The van der Waals surface area contributed by atoms with E-state index in [1.807, 2.05) is 49.6 Å². The van der Waals surface area contributed by atoms with Crippen LogP contribution in [-0.2, 0) is 4.79 Å². The summed E-state index contributed by atoms with van der Waals surface area (Å²) in [6.45, 7) is 5.14. The van der Waals surface area contributed by atoms with Gasteiger partial charge < -0.3 is 20.4 Å². The number of aromatic nitrogens is 3. The van der Waals surface area contributed by atoms with E-state index in [4.69, 9.17) is 11.6 Å². The van der Waals surface area contributed by atoms with Gasteiger partial charge in [-0.15, -0.1) is 11.3 Å². The van der Waals surface area contributed by atoms with Crippen molar-refractivity contribution >= 4 is 61.9 Å². The molecular formula is C25H26ClN7OS. The quantitative estimate of drug-likeness (QED) is 0.298. The number of likely N-dealkylation sites (N-methyl/N-ethyl adjacent to an activating group) is 2. The van der Waals surface area contributed by atoms with E-state index in [9.17, 15) is 4.79 Å². The number of hydrogen-bond acceptors (Lipinski definition) is 8. The Morgan fingerprint density at radius 1 is 1.14 bits per heavy atom. The van der Waals surface area contributed by atoms with Crippen molar-refractivity contribution in [2.45, 2.75) is 0 Å².